The Labute approximate surface area is 62.6 Å². The van der Waals surface area contributed by atoms with Gasteiger partial charge in [-0.2, -0.15) is 0 Å². The summed E-state index contributed by atoms with van der Waals surface area (Å²) in [6, 6.07) is 7.67. The SMILES string of the molecule is O=C(c1ccccc1)N(O)F. The van der Waals surface area contributed by atoms with E-state index in [-0.39, 0.29) is 5.56 Å². The fourth-order valence-electron chi connectivity index (χ4n) is 0.687. The molecule has 4 heteroatoms. The van der Waals surface area contributed by atoms with Crippen LogP contribution in [0, 0.1) is 0 Å². The van der Waals surface area contributed by atoms with Crippen molar-refractivity contribution in [1.29, 1.82) is 0 Å². The maximum atomic E-state index is 11.8. The van der Waals surface area contributed by atoms with Crippen molar-refractivity contribution in [1.82, 2.24) is 5.29 Å². The van der Waals surface area contributed by atoms with Gasteiger partial charge in [0.15, 0.2) is 0 Å². The molecule has 1 aromatic carbocycles. The van der Waals surface area contributed by atoms with E-state index in [1.165, 1.54) is 12.1 Å². The molecule has 1 amide bonds. The van der Waals surface area contributed by atoms with Crippen LogP contribution in [0.1, 0.15) is 10.4 Å². The van der Waals surface area contributed by atoms with E-state index in [2.05, 4.69) is 0 Å². The molecule has 11 heavy (non-hydrogen) atoms. The van der Waals surface area contributed by atoms with Gasteiger partial charge in [0.25, 0.3) is 0 Å². The fraction of sp³-hybridized carbons (Fsp3) is 0. The Bertz CT molecular complexity index is 248. The first kappa shape index (κ1) is 7.68. The van der Waals surface area contributed by atoms with Gasteiger partial charge in [-0.05, 0) is 17.4 Å². The molecule has 0 heterocycles. The molecule has 0 fully saturated rings. The Morgan fingerprint density at radius 2 is 1.91 bits per heavy atom. The van der Waals surface area contributed by atoms with Gasteiger partial charge in [-0.25, -0.2) is 0 Å². The summed E-state index contributed by atoms with van der Waals surface area (Å²) in [5.74, 6) is -1.06. The third-order valence-electron chi connectivity index (χ3n) is 1.19. The van der Waals surface area contributed by atoms with Crippen molar-refractivity contribution in [3.8, 4) is 0 Å². The minimum absolute atomic E-state index is 0.109. The summed E-state index contributed by atoms with van der Waals surface area (Å²) in [5.41, 5.74) is 0.109. The van der Waals surface area contributed by atoms with Crippen molar-refractivity contribution in [3.05, 3.63) is 35.9 Å². The lowest BCUT2D eigenvalue weighted by Gasteiger charge is -2.01. The monoisotopic (exact) mass is 155 g/mol. The van der Waals surface area contributed by atoms with Gasteiger partial charge in [0.1, 0.15) is 0 Å². The number of rotatable bonds is 1. The molecule has 1 rings (SSSR count). The van der Waals surface area contributed by atoms with Crippen molar-refractivity contribution in [3.63, 3.8) is 0 Å². The van der Waals surface area contributed by atoms with Gasteiger partial charge in [0, 0.05) is 5.56 Å². The Kier molecular flexibility index (Phi) is 2.18. The van der Waals surface area contributed by atoms with Crippen molar-refractivity contribution < 1.29 is 14.5 Å². The molecule has 0 bridgehead atoms. The third-order valence-corrected chi connectivity index (χ3v) is 1.19. The Hall–Kier alpha value is -1.42. The molecule has 58 valence electrons. The lowest BCUT2D eigenvalue weighted by Crippen LogP contribution is -2.17. The highest BCUT2D eigenvalue weighted by molar-refractivity contribution is 5.92. The molecule has 0 radical (unpaired) electrons. The number of halogens is 1. The number of carbonyl (C=O) groups excluding carboxylic acids is 1. The lowest BCUT2D eigenvalue weighted by molar-refractivity contribution is -0.189. The van der Waals surface area contributed by atoms with Crippen LogP contribution in [-0.4, -0.2) is 16.4 Å². The van der Waals surface area contributed by atoms with Crippen LogP contribution in [0.5, 0.6) is 0 Å². The van der Waals surface area contributed by atoms with E-state index in [9.17, 15) is 9.28 Å². The molecule has 0 aliphatic carbocycles. The van der Waals surface area contributed by atoms with E-state index in [1.54, 1.807) is 18.2 Å². The van der Waals surface area contributed by atoms with Gasteiger partial charge in [-0.15, -0.1) is 0 Å². The zero-order valence-electron chi connectivity index (χ0n) is 5.57. The average molecular weight is 155 g/mol. The topological polar surface area (TPSA) is 40.5 Å². The first-order chi connectivity index (χ1) is 5.22. The molecule has 0 aromatic heterocycles. The number of hydrogen-bond acceptors (Lipinski definition) is 2. The predicted octanol–water partition coefficient (Wildman–Crippen LogP) is 1.40. The van der Waals surface area contributed by atoms with Crippen molar-refractivity contribution >= 4 is 5.91 Å². The largest absolute Gasteiger partial charge is 0.308 e. The second kappa shape index (κ2) is 3.12. The van der Waals surface area contributed by atoms with E-state index < -0.39 is 11.2 Å². The molecule has 0 aliphatic rings. The Balaban J connectivity index is 2.86. The summed E-state index contributed by atoms with van der Waals surface area (Å²) >= 11 is 0. The number of amides is 1. The van der Waals surface area contributed by atoms with E-state index in [4.69, 9.17) is 5.21 Å². The summed E-state index contributed by atoms with van der Waals surface area (Å²) in [5, 5.41) is 7.16. The van der Waals surface area contributed by atoms with E-state index in [1.807, 2.05) is 0 Å². The van der Waals surface area contributed by atoms with Crippen LogP contribution < -0.4 is 0 Å². The molecular formula is C7H6FNO2. The van der Waals surface area contributed by atoms with Crippen LogP contribution in [0.3, 0.4) is 0 Å². The van der Waals surface area contributed by atoms with Gasteiger partial charge in [0.05, 0.1) is 0 Å². The molecule has 0 saturated heterocycles. The van der Waals surface area contributed by atoms with Crippen LogP contribution in [0.25, 0.3) is 0 Å². The highest BCUT2D eigenvalue weighted by Gasteiger charge is 2.10. The van der Waals surface area contributed by atoms with Crippen LogP contribution in [-0.2, 0) is 0 Å². The molecule has 0 spiro atoms. The van der Waals surface area contributed by atoms with Crippen LogP contribution in [0.2, 0.25) is 0 Å². The summed E-state index contributed by atoms with van der Waals surface area (Å²) in [6.45, 7) is 0. The minimum atomic E-state index is -1.06. The van der Waals surface area contributed by atoms with E-state index >= 15 is 0 Å². The number of carbonyl (C=O) groups is 1. The number of benzene rings is 1. The molecular weight excluding hydrogens is 149 g/mol. The van der Waals surface area contributed by atoms with E-state index in [0.717, 1.165) is 0 Å². The number of nitrogens with zero attached hydrogens (tertiary/aromatic N) is 1. The van der Waals surface area contributed by atoms with Crippen LogP contribution in [0.15, 0.2) is 30.3 Å². The highest BCUT2D eigenvalue weighted by Crippen LogP contribution is 2.01. The zero-order chi connectivity index (χ0) is 8.27. The third kappa shape index (κ3) is 1.75. The van der Waals surface area contributed by atoms with Gasteiger partial charge < -0.3 is 0 Å². The second-order valence-corrected chi connectivity index (χ2v) is 1.93. The van der Waals surface area contributed by atoms with Gasteiger partial charge >= 0.3 is 5.91 Å². The quantitative estimate of drug-likeness (QED) is 0.378. The highest BCUT2D eigenvalue weighted by atomic mass is 19.2. The molecule has 3 nitrogen and oxygen atoms in total. The van der Waals surface area contributed by atoms with Crippen molar-refractivity contribution in [2.45, 2.75) is 0 Å². The predicted molar refractivity (Wildman–Crippen MR) is 35.5 cm³/mol. The first-order valence-corrected chi connectivity index (χ1v) is 2.96. The normalized spacial score (nSPS) is 9.27. The Morgan fingerprint density at radius 3 is 2.36 bits per heavy atom. The zero-order valence-corrected chi connectivity index (χ0v) is 5.57. The molecule has 1 N–H and O–H groups in total. The molecule has 0 atom stereocenters. The maximum absolute atomic E-state index is 11.8. The van der Waals surface area contributed by atoms with Gasteiger partial charge in [-0.3, -0.25) is 10.0 Å². The fourth-order valence-corrected chi connectivity index (χ4v) is 0.687. The standard InChI is InChI=1S/C7H6FNO2/c8-9(11)7(10)6-4-2-1-3-5-6/h1-5,11H. The van der Waals surface area contributed by atoms with Crippen molar-refractivity contribution in [2.75, 3.05) is 0 Å². The molecule has 1 aromatic rings. The number of hydrogen-bond donors (Lipinski definition) is 1. The Morgan fingerprint density at radius 1 is 1.36 bits per heavy atom. The van der Waals surface area contributed by atoms with Gasteiger partial charge in [0.2, 0.25) is 0 Å². The average Bonchev–Trinajstić information content (AvgIpc) is 2.05. The lowest BCUT2D eigenvalue weighted by atomic mass is 10.2. The van der Waals surface area contributed by atoms with Crippen LogP contribution in [0.4, 0.5) is 4.48 Å². The van der Waals surface area contributed by atoms with Crippen molar-refractivity contribution in [2.24, 2.45) is 0 Å². The molecule has 0 aliphatic heterocycles. The van der Waals surface area contributed by atoms with E-state index in [0.29, 0.717) is 0 Å². The second-order valence-electron chi connectivity index (χ2n) is 1.93. The summed E-state index contributed by atoms with van der Waals surface area (Å²) in [6.07, 6.45) is 0. The first-order valence-electron chi connectivity index (χ1n) is 2.96. The van der Waals surface area contributed by atoms with Crippen LogP contribution >= 0.6 is 0 Å². The smallest absolute Gasteiger partial charge is 0.264 e. The summed E-state index contributed by atoms with van der Waals surface area (Å²) in [4.78, 5) is 10.6. The molecule has 0 saturated carbocycles. The minimum Gasteiger partial charge on any atom is -0.264 e. The van der Waals surface area contributed by atoms with Gasteiger partial charge in [-0.1, -0.05) is 22.7 Å². The number of hydroxylamine groups is 1. The maximum Gasteiger partial charge on any atom is 0.308 e. The summed E-state index contributed by atoms with van der Waals surface area (Å²) in [7, 11) is 0. The summed E-state index contributed by atoms with van der Waals surface area (Å²) < 4.78 is 11.8. The molecule has 0 unspecified atom stereocenters.